The smallest absolute Gasteiger partial charge is 0.329 e. The van der Waals surface area contributed by atoms with Crippen LogP contribution in [0.15, 0.2) is 60.7 Å². The summed E-state index contributed by atoms with van der Waals surface area (Å²) in [5.41, 5.74) is 1.36. The molecule has 0 N–H and O–H groups in total. The van der Waals surface area contributed by atoms with Gasteiger partial charge in [-0.1, -0.05) is 81.4 Å². The molecule has 2 atom stereocenters. The number of likely N-dealkylation sites (tertiary alicyclic amines) is 1. The van der Waals surface area contributed by atoms with Crippen LogP contribution in [0.4, 0.5) is 0 Å². The first kappa shape index (κ1) is 24.7. The first-order chi connectivity index (χ1) is 15.8. The minimum absolute atomic E-state index is 0.407. The van der Waals surface area contributed by atoms with Gasteiger partial charge in [-0.3, -0.25) is 9.59 Å². The molecule has 1 aliphatic heterocycles. The van der Waals surface area contributed by atoms with Gasteiger partial charge in [-0.2, -0.15) is 0 Å². The highest BCUT2D eigenvalue weighted by molar-refractivity contribution is 6.38. The van der Waals surface area contributed by atoms with E-state index in [1.807, 2.05) is 55.5 Å². The third-order valence-corrected chi connectivity index (χ3v) is 6.70. The molecular weight excluding hydrogens is 414 g/mol. The quantitative estimate of drug-likeness (QED) is 0.385. The summed E-state index contributed by atoms with van der Waals surface area (Å²) in [6, 6.07) is 19.1. The first-order valence-electron chi connectivity index (χ1n) is 12.0. The van der Waals surface area contributed by atoms with E-state index in [4.69, 9.17) is 4.74 Å². The summed E-state index contributed by atoms with van der Waals surface area (Å²) in [7, 11) is 0. The molecule has 1 aliphatic rings. The second kappa shape index (κ2) is 11.3. The lowest BCUT2D eigenvalue weighted by atomic mass is 9.84. The van der Waals surface area contributed by atoms with E-state index >= 15 is 0 Å². The number of hydrogen-bond acceptors (Lipinski definition) is 4. The predicted molar refractivity (Wildman–Crippen MR) is 128 cm³/mol. The molecule has 0 aromatic heterocycles. The molecule has 2 aromatic carbocycles. The molecule has 176 valence electrons. The van der Waals surface area contributed by atoms with Crippen molar-refractivity contribution >= 4 is 17.7 Å². The highest BCUT2D eigenvalue weighted by atomic mass is 16.5. The van der Waals surface area contributed by atoms with Gasteiger partial charge in [-0.05, 0) is 49.7 Å². The maximum Gasteiger partial charge on any atom is 0.329 e. The zero-order chi connectivity index (χ0) is 23.8. The predicted octanol–water partition coefficient (Wildman–Crippen LogP) is 5.29. The van der Waals surface area contributed by atoms with E-state index in [1.165, 1.54) is 10.5 Å². The van der Waals surface area contributed by atoms with Crippen molar-refractivity contribution in [2.45, 2.75) is 71.4 Å². The van der Waals surface area contributed by atoms with Crippen LogP contribution in [0.3, 0.4) is 0 Å². The summed E-state index contributed by atoms with van der Waals surface area (Å²) in [5.74, 6) is -1.43. The topological polar surface area (TPSA) is 63.7 Å². The third-order valence-electron chi connectivity index (χ3n) is 6.70. The zero-order valence-corrected chi connectivity index (χ0v) is 20.0. The molecule has 1 unspecified atom stereocenters. The monoisotopic (exact) mass is 449 g/mol. The van der Waals surface area contributed by atoms with E-state index in [0.29, 0.717) is 25.8 Å². The number of ketones is 1. The van der Waals surface area contributed by atoms with Gasteiger partial charge in [0.1, 0.15) is 12.1 Å². The highest BCUT2D eigenvalue weighted by Gasteiger charge is 2.41. The molecule has 3 rings (SSSR count). The molecule has 0 radical (unpaired) electrons. The van der Waals surface area contributed by atoms with Crippen LogP contribution in [0, 0.1) is 5.41 Å². The number of amides is 1. The normalized spacial score (nSPS) is 17.3. The lowest BCUT2D eigenvalue weighted by molar-refractivity contribution is -0.164. The van der Waals surface area contributed by atoms with Crippen LogP contribution in [0.25, 0.3) is 0 Å². The van der Waals surface area contributed by atoms with Crippen LogP contribution < -0.4 is 0 Å². The van der Waals surface area contributed by atoms with Gasteiger partial charge >= 0.3 is 5.97 Å². The Morgan fingerprint density at radius 3 is 2.27 bits per heavy atom. The van der Waals surface area contributed by atoms with Crippen molar-refractivity contribution < 1.29 is 19.1 Å². The number of rotatable bonds is 9. The minimum atomic E-state index is -0.745. The maximum absolute atomic E-state index is 13.3. The number of hydrogen-bond donors (Lipinski definition) is 0. The largest absolute Gasteiger partial charge is 0.456 e. The van der Waals surface area contributed by atoms with Gasteiger partial charge in [0.05, 0.1) is 0 Å². The molecule has 0 spiro atoms. The molecule has 0 aliphatic carbocycles. The van der Waals surface area contributed by atoms with E-state index in [-0.39, 0.29) is 0 Å². The lowest BCUT2D eigenvalue weighted by Crippen LogP contribution is -2.53. The van der Waals surface area contributed by atoms with E-state index in [2.05, 4.69) is 12.1 Å². The highest BCUT2D eigenvalue weighted by Crippen LogP contribution is 2.29. The summed E-state index contributed by atoms with van der Waals surface area (Å²) in [6.07, 6.45) is 3.69. The number of piperidine rings is 1. The van der Waals surface area contributed by atoms with Crippen molar-refractivity contribution in [3.8, 4) is 0 Å². The Labute approximate surface area is 197 Å². The summed E-state index contributed by atoms with van der Waals surface area (Å²) in [4.78, 5) is 40.6. The lowest BCUT2D eigenvalue weighted by Gasteiger charge is -2.36. The molecular formula is C28H35NO4. The van der Waals surface area contributed by atoms with Gasteiger partial charge in [-0.15, -0.1) is 0 Å². The number of aryl methyl sites for hydroxylation is 1. The maximum atomic E-state index is 13.3. The third kappa shape index (κ3) is 6.31. The fourth-order valence-electron chi connectivity index (χ4n) is 4.12. The summed E-state index contributed by atoms with van der Waals surface area (Å²) in [5, 5.41) is 0. The van der Waals surface area contributed by atoms with Crippen LogP contribution in [-0.4, -0.2) is 35.1 Å². The number of ether oxygens (including phenoxy) is 1. The average Bonchev–Trinajstić information content (AvgIpc) is 2.86. The molecule has 0 bridgehead atoms. The van der Waals surface area contributed by atoms with E-state index in [1.54, 1.807) is 13.8 Å². The van der Waals surface area contributed by atoms with Crippen molar-refractivity contribution in [1.29, 1.82) is 0 Å². The van der Waals surface area contributed by atoms with Gasteiger partial charge < -0.3 is 9.64 Å². The van der Waals surface area contributed by atoms with Crippen LogP contribution in [0.2, 0.25) is 0 Å². The molecule has 1 amide bonds. The van der Waals surface area contributed by atoms with Crippen molar-refractivity contribution in [3.63, 3.8) is 0 Å². The Kier molecular flexibility index (Phi) is 8.43. The average molecular weight is 450 g/mol. The van der Waals surface area contributed by atoms with Crippen molar-refractivity contribution in [2.24, 2.45) is 5.41 Å². The Hall–Kier alpha value is -2.95. The van der Waals surface area contributed by atoms with E-state index < -0.39 is 35.2 Å². The summed E-state index contributed by atoms with van der Waals surface area (Å²) < 4.78 is 6.03. The van der Waals surface area contributed by atoms with Crippen LogP contribution in [0.1, 0.15) is 70.1 Å². The van der Waals surface area contributed by atoms with Gasteiger partial charge in [-0.25, -0.2) is 4.79 Å². The van der Waals surface area contributed by atoms with Crippen LogP contribution in [0.5, 0.6) is 0 Å². The number of benzene rings is 2. The molecule has 1 fully saturated rings. The molecule has 5 heteroatoms. The minimum Gasteiger partial charge on any atom is -0.456 e. The zero-order valence-electron chi connectivity index (χ0n) is 20.0. The van der Waals surface area contributed by atoms with Crippen molar-refractivity contribution in [2.75, 3.05) is 6.54 Å². The standard InChI is InChI=1S/C28H35NO4/c1-4-28(2,3)25(30)26(31)29-20-12-11-17-23(29)27(32)33-24(22-15-9-6-10-16-22)19-18-21-13-7-5-8-14-21/h5-10,13-16,23-24H,4,11-12,17-20H2,1-3H3/t23-,24?/m1/s1. The van der Waals surface area contributed by atoms with Crippen LogP contribution >= 0.6 is 0 Å². The number of Topliss-reactive ketones (excluding diaryl/α,β-unsaturated/α-hetero) is 1. The van der Waals surface area contributed by atoms with Gasteiger partial charge in [0.2, 0.25) is 5.78 Å². The SMILES string of the molecule is CCC(C)(C)C(=O)C(=O)N1CCCC[C@@H]1C(=O)OC(CCc1ccccc1)c1ccccc1. The fourth-order valence-corrected chi connectivity index (χ4v) is 4.12. The number of carbonyl (C=O) groups is 3. The van der Waals surface area contributed by atoms with Crippen LogP contribution in [-0.2, 0) is 25.5 Å². The number of carbonyl (C=O) groups excluding carboxylic acids is 3. The Morgan fingerprint density at radius 2 is 1.64 bits per heavy atom. The van der Waals surface area contributed by atoms with Crippen molar-refractivity contribution in [3.05, 3.63) is 71.8 Å². The Bertz CT molecular complexity index is 939. The Morgan fingerprint density at radius 1 is 1.00 bits per heavy atom. The second-order valence-electron chi connectivity index (χ2n) is 9.44. The second-order valence-corrected chi connectivity index (χ2v) is 9.44. The van der Waals surface area contributed by atoms with Gasteiger partial charge in [0.25, 0.3) is 5.91 Å². The first-order valence-corrected chi connectivity index (χ1v) is 12.0. The molecule has 5 nitrogen and oxygen atoms in total. The van der Waals surface area contributed by atoms with Gasteiger partial charge in [0, 0.05) is 12.0 Å². The molecule has 33 heavy (non-hydrogen) atoms. The molecule has 0 saturated carbocycles. The fraction of sp³-hybridized carbons (Fsp3) is 0.464. The molecule has 2 aromatic rings. The van der Waals surface area contributed by atoms with Gasteiger partial charge in [0.15, 0.2) is 0 Å². The molecule has 1 saturated heterocycles. The van der Waals surface area contributed by atoms with E-state index in [0.717, 1.165) is 24.8 Å². The van der Waals surface area contributed by atoms with Crippen molar-refractivity contribution in [1.82, 2.24) is 4.90 Å². The van der Waals surface area contributed by atoms with E-state index in [9.17, 15) is 14.4 Å². The Balaban J connectivity index is 1.76. The summed E-state index contributed by atoms with van der Waals surface area (Å²) >= 11 is 0. The molecule has 1 heterocycles. The number of nitrogens with zero attached hydrogens (tertiary/aromatic N) is 1. The summed E-state index contributed by atoms with van der Waals surface area (Å²) in [6.45, 7) is 5.85. The number of esters is 1.